The van der Waals surface area contributed by atoms with E-state index in [1.54, 1.807) is 13.3 Å². The number of rotatable bonds is 8. The van der Waals surface area contributed by atoms with Gasteiger partial charge in [0.05, 0.1) is 13.2 Å². The highest BCUT2D eigenvalue weighted by Gasteiger charge is 2.22. The van der Waals surface area contributed by atoms with E-state index in [0.717, 1.165) is 23.4 Å². The van der Waals surface area contributed by atoms with E-state index in [-0.39, 0.29) is 6.03 Å². The van der Waals surface area contributed by atoms with Crippen molar-refractivity contribution in [1.29, 1.82) is 0 Å². The number of nitrogens with one attached hydrogen (secondary N) is 2. The van der Waals surface area contributed by atoms with Gasteiger partial charge in [0.15, 0.2) is 0 Å². The van der Waals surface area contributed by atoms with Crippen LogP contribution in [-0.4, -0.2) is 24.7 Å². The molecule has 0 radical (unpaired) electrons. The van der Waals surface area contributed by atoms with Gasteiger partial charge in [-0.2, -0.15) is 0 Å². The fourth-order valence-corrected chi connectivity index (χ4v) is 2.35. The molecule has 0 saturated heterocycles. The zero-order chi connectivity index (χ0) is 17.5. The summed E-state index contributed by atoms with van der Waals surface area (Å²) < 4.78 is 10.7. The number of hydrogen-bond donors (Lipinski definition) is 2. The first-order chi connectivity index (χ1) is 12.2. The standard InChI is InChI=1S/C19H23N3O3/c1-24-12-15-3-2-4-17(9-15)22-19(23)21-11-16-7-8-18(20-10-16)25-13-14-5-6-14/h2-4,7-10,14H,5-6,11-13H2,1H3,(H2,21,22,23). The topological polar surface area (TPSA) is 72.5 Å². The van der Waals surface area contributed by atoms with Crippen molar-refractivity contribution in [3.8, 4) is 5.88 Å². The van der Waals surface area contributed by atoms with Crippen LogP contribution in [0, 0.1) is 5.92 Å². The molecule has 3 rings (SSSR count). The predicted molar refractivity (Wildman–Crippen MR) is 95.5 cm³/mol. The van der Waals surface area contributed by atoms with Gasteiger partial charge in [0, 0.05) is 31.6 Å². The van der Waals surface area contributed by atoms with Crippen LogP contribution in [0.25, 0.3) is 0 Å². The van der Waals surface area contributed by atoms with Crippen molar-refractivity contribution < 1.29 is 14.3 Å². The van der Waals surface area contributed by atoms with Crippen molar-refractivity contribution >= 4 is 11.7 Å². The van der Waals surface area contributed by atoms with Gasteiger partial charge in [-0.15, -0.1) is 0 Å². The molecule has 2 N–H and O–H groups in total. The molecule has 132 valence electrons. The minimum atomic E-state index is -0.261. The Bertz CT molecular complexity index is 699. The van der Waals surface area contributed by atoms with E-state index in [9.17, 15) is 4.79 Å². The first-order valence-electron chi connectivity index (χ1n) is 8.43. The molecule has 25 heavy (non-hydrogen) atoms. The molecule has 1 aliphatic rings. The van der Waals surface area contributed by atoms with E-state index >= 15 is 0 Å². The van der Waals surface area contributed by atoms with Gasteiger partial charge in [-0.1, -0.05) is 18.2 Å². The smallest absolute Gasteiger partial charge is 0.319 e. The number of aromatic nitrogens is 1. The van der Waals surface area contributed by atoms with Crippen molar-refractivity contribution in [3.63, 3.8) is 0 Å². The Hall–Kier alpha value is -2.60. The summed E-state index contributed by atoms with van der Waals surface area (Å²) in [4.78, 5) is 16.3. The van der Waals surface area contributed by atoms with Gasteiger partial charge in [-0.05, 0) is 42.0 Å². The highest BCUT2D eigenvalue weighted by atomic mass is 16.5. The Kier molecular flexibility index (Phi) is 5.85. The maximum absolute atomic E-state index is 12.0. The summed E-state index contributed by atoms with van der Waals surface area (Å²) in [6, 6.07) is 11.0. The lowest BCUT2D eigenvalue weighted by molar-refractivity contribution is 0.185. The summed E-state index contributed by atoms with van der Waals surface area (Å²) in [7, 11) is 1.64. The van der Waals surface area contributed by atoms with E-state index in [1.165, 1.54) is 12.8 Å². The number of pyridine rings is 1. The molecule has 6 nitrogen and oxygen atoms in total. The average molecular weight is 341 g/mol. The Balaban J connectivity index is 1.44. The van der Waals surface area contributed by atoms with Gasteiger partial charge in [0.25, 0.3) is 0 Å². The second kappa shape index (κ2) is 8.48. The Labute approximate surface area is 147 Å². The van der Waals surface area contributed by atoms with Crippen LogP contribution in [0.2, 0.25) is 0 Å². The normalized spacial score (nSPS) is 13.3. The van der Waals surface area contributed by atoms with Crippen molar-refractivity contribution in [2.24, 2.45) is 5.92 Å². The number of carbonyl (C=O) groups is 1. The Morgan fingerprint density at radius 2 is 2.12 bits per heavy atom. The lowest BCUT2D eigenvalue weighted by Gasteiger charge is -2.09. The third-order valence-corrected chi connectivity index (χ3v) is 3.91. The zero-order valence-corrected chi connectivity index (χ0v) is 14.3. The van der Waals surface area contributed by atoms with Gasteiger partial charge in [-0.25, -0.2) is 9.78 Å². The molecule has 1 saturated carbocycles. The first kappa shape index (κ1) is 17.2. The number of methoxy groups -OCH3 is 1. The monoisotopic (exact) mass is 341 g/mol. The van der Waals surface area contributed by atoms with Gasteiger partial charge < -0.3 is 20.1 Å². The van der Waals surface area contributed by atoms with Crippen LogP contribution in [0.15, 0.2) is 42.6 Å². The molecular weight excluding hydrogens is 318 g/mol. The number of hydrogen-bond acceptors (Lipinski definition) is 4. The van der Waals surface area contributed by atoms with Gasteiger partial charge in [0.1, 0.15) is 0 Å². The van der Waals surface area contributed by atoms with E-state index in [0.29, 0.717) is 24.9 Å². The minimum Gasteiger partial charge on any atom is -0.477 e. The number of ether oxygens (including phenoxy) is 2. The molecule has 1 heterocycles. The highest BCUT2D eigenvalue weighted by molar-refractivity contribution is 5.89. The molecule has 6 heteroatoms. The maximum atomic E-state index is 12.0. The Morgan fingerprint density at radius 1 is 1.24 bits per heavy atom. The third-order valence-electron chi connectivity index (χ3n) is 3.91. The molecule has 0 atom stereocenters. The fraction of sp³-hybridized carbons (Fsp3) is 0.368. The minimum absolute atomic E-state index is 0.261. The van der Waals surface area contributed by atoms with Crippen LogP contribution < -0.4 is 15.4 Å². The number of anilines is 1. The summed E-state index contributed by atoms with van der Waals surface area (Å²) in [6.45, 7) is 1.66. The molecule has 2 aromatic rings. The van der Waals surface area contributed by atoms with Crippen LogP contribution in [0.5, 0.6) is 5.88 Å². The van der Waals surface area contributed by atoms with E-state index in [4.69, 9.17) is 9.47 Å². The lowest BCUT2D eigenvalue weighted by Crippen LogP contribution is -2.28. The molecule has 1 fully saturated rings. The average Bonchev–Trinajstić information content (AvgIpc) is 3.44. The number of urea groups is 1. The van der Waals surface area contributed by atoms with Gasteiger partial charge in [-0.3, -0.25) is 0 Å². The molecule has 0 unspecified atom stereocenters. The van der Waals surface area contributed by atoms with Crippen LogP contribution in [0.3, 0.4) is 0 Å². The van der Waals surface area contributed by atoms with Crippen molar-refractivity contribution in [1.82, 2.24) is 10.3 Å². The van der Waals surface area contributed by atoms with E-state index in [1.807, 2.05) is 36.4 Å². The zero-order valence-electron chi connectivity index (χ0n) is 14.3. The van der Waals surface area contributed by atoms with Crippen LogP contribution in [0.4, 0.5) is 10.5 Å². The number of carbonyl (C=O) groups excluding carboxylic acids is 1. The molecule has 0 bridgehead atoms. The molecular formula is C19H23N3O3. The SMILES string of the molecule is COCc1cccc(NC(=O)NCc2ccc(OCC3CC3)nc2)c1. The number of nitrogens with zero attached hydrogens (tertiary/aromatic N) is 1. The molecule has 1 aromatic heterocycles. The highest BCUT2D eigenvalue weighted by Crippen LogP contribution is 2.29. The van der Waals surface area contributed by atoms with Gasteiger partial charge >= 0.3 is 6.03 Å². The molecule has 1 aliphatic carbocycles. The van der Waals surface area contributed by atoms with Crippen LogP contribution in [-0.2, 0) is 17.9 Å². The van der Waals surface area contributed by atoms with Crippen molar-refractivity contribution in [2.45, 2.75) is 26.0 Å². The third kappa shape index (κ3) is 5.76. The summed E-state index contributed by atoms with van der Waals surface area (Å²) in [5, 5.41) is 5.63. The Morgan fingerprint density at radius 3 is 2.84 bits per heavy atom. The summed E-state index contributed by atoms with van der Waals surface area (Å²) >= 11 is 0. The largest absolute Gasteiger partial charge is 0.477 e. The molecule has 0 aliphatic heterocycles. The second-order valence-corrected chi connectivity index (χ2v) is 6.20. The van der Waals surface area contributed by atoms with Crippen molar-refractivity contribution in [3.05, 3.63) is 53.7 Å². The predicted octanol–water partition coefficient (Wildman–Crippen LogP) is 3.34. The number of benzene rings is 1. The van der Waals surface area contributed by atoms with Crippen LogP contribution >= 0.6 is 0 Å². The lowest BCUT2D eigenvalue weighted by atomic mass is 10.2. The van der Waals surface area contributed by atoms with Crippen molar-refractivity contribution in [2.75, 3.05) is 19.0 Å². The molecule has 2 amide bonds. The second-order valence-electron chi connectivity index (χ2n) is 6.20. The quantitative estimate of drug-likeness (QED) is 0.772. The van der Waals surface area contributed by atoms with E-state index < -0.39 is 0 Å². The van der Waals surface area contributed by atoms with Gasteiger partial charge in [0.2, 0.25) is 5.88 Å². The summed E-state index contributed by atoms with van der Waals surface area (Å²) in [5.74, 6) is 1.34. The number of amides is 2. The first-order valence-corrected chi connectivity index (χ1v) is 8.43. The van der Waals surface area contributed by atoms with Crippen LogP contribution in [0.1, 0.15) is 24.0 Å². The summed E-state index contributed by atoms with van der Waals surface area (Å²) in [5.41, 5.74) is 2.65. The summed E-state index contributed by atoms with van der Waals surface area (Å²) in [6.07, 6.45) is 4.23. The molecule has 1 aromatic carbocycles. The molecule has 0 spiro atoms. The van der Waals surface area contributed by atoms with E-state index in [2.05, 4.69) is 15.6 Å². The maximum Gasteiger partial charge on any atom is 0.319 e. The fourth-order valence-electron chi connectivity index (χ4n) is 2.35.